The number of hydrogen-bond donors (Lipinski definition) is 0. The van der Waals surface area contributed by atoms with E-state index in [4.69, 9.17) is 8.83 Å². The van der Waals surface area contributed by atoms with Gasteiger partial charge in [0.05, 0.1) is 6.26 Å². The summed E-state index contributed by atoms with van der Waals surface area (Å²) in [6.07, 6.45) is 1.61. The van der Waals surface area contributed by atoms with E-state index in [2.05, 4.69) is 12.1 Å². The van der Waals surface area contributed by atoms with Crippen LogP contribution in [0.15, 0.2) is 80.6 Å². The Bertz CT molecular complexity index is 1020. The zero-order valence-corrected chi connectivity index (χ0v) is 12.6. The fourth-order valence-corrected chi connectivity index (χ4v) is 2.79. The Morgan fingerprint density at radius 2 is 1.48 bits per heavy atom. The summed E-state index contributed by atoms with van der Waals surface area (Å²) < 4.78 is 10.7. The Morgan fingerprint density at radius 3 is 2.22 bits per heavy atom. The van der Waals surface area contributed by atoms with Crippen LogP contribution in [-0.4, -0.2) is 0 Å². The van der Waals surface area contributed by atoms with Crippen LogP contribution in [-0.2, 0) is 0 Å². The van der Waals surface area contributed by atoms with E-state index in [0.717, 1.165) is 22.3 Å². The third kappa shape index (κ3) is 2.36. The Balaban J connectivity index is 1.82. The maximum atomic E-state index is 12.1. The lowest BCUT2D eigenvalue weighted by atomic mass is 10.0. The van der Waals surface area contributed by atoms with E-state index < -0.39 is 0 Å². The zero-order valence-electron chi connectivity index (χ0n) is 12.6. The second-order valence-electron chi connectivity index (χ2n) is 5.48. The lowest BCUT2D eigenvalue weighted by molar-refractivity contribution is 0.485. The van der Waals surface area contributed by atoms with Crippen LogP contribution in [0.3, 0.4) is 0 Å². The molecule has 0 N–H and O–H groups in total. The molecule has 0 amide bonds. The SMILES string of the molecule is Cc1cc2occ(-c3ccc(-c4ccccc4)cc3)c2c(=O)o1. The molecule has 0 fully saturated rings. The largest absolute Gasteiger partial charge is 0.463 e. The molecule has 4 aromatic rings. The fraction of sp³-hybridized carbons (Fsp3) is 0.0500. The van der Waals surface area contributed by atoms with Gasteiger partial charge in [-0.15, -0.1) is 0 Å². The van der Waals surface area contributed by atoms with Crippen molar-refractivity contribution >= 4 is 11.0 Å². The summed E-state index contributed by atoms with van der Waals surface area (Å²) in [4.78, 5) is 12.1. The van der Waals surface area contributed by atoms with Gasteiger partial charge in [-0.3, -0.25) is 0 Å². The maximum Gasteiger partial charge on any atom is 0.347 e. The van der Waals surface area contributed by atoms with Gasteiger partial charge >= 0.3 is 5.63 Å². The van der Waals surface area contributed by atoms with Crippen molar-refractivity contribution in [2.75, 3.05) is 0 Å². The van der Waals surface area contributed by atoms with Gasteiger partial charge < -0.3 is 8.83 Å². The van der Waals surface area contributed by atoms with Crippen molar-refractivity contribution in [3.8, 4) is 22.3 Å². The van der Waals surface area contributed by atoms with E-state index >= 15 is 0 Å². The summed E-state index contributed by atoms with van der Waals surface area (Å²) in [7, 11) is 0. The molecule has 2 aromatic heterocycles. The van der Waals surface area contributed by atoms with Gasteiger partial charge in [-0.05, 0) is 23.6 Å². The van der Waals surface area contributed by atoms with E-state index in [1.807, 2.05) is 42.5 Å². The van der Waals surface area contributed by atoms with Crippen molar-refractivity contribution in [3.63, 3.8) is 0 Å². The number of aryl methyl sites for hydroxylation is 1. The summed E-state index contributed by atoms with van der Waals surface area (Å²) >= 11 is 0. The van der Waals surface area contributed by atoms with Crippen LogP contribution < -0.4 is 5.63 Å². The molecule has 0 aliphatic carbocycles. The van der Waals surface area contributed by atoms with Crippen LogP contribution in [0.2, 0.25) is 0 Å². The van der Waals surface area contributed by atoms with Crippen LogP contribution in [0.5, 0.6) is 0 Å². The molecule has 23 heavy (non-hydrogen) atoms. The number of rotatable bonds is 2. The van der Waals surface area contributed by atoms with Gasteiger partial charge in [-0.2, -0.15) is 0 Å². The molecule has 3 nitrogen and oxygen atoms in total. The quantitative estimate of drug-likeness (QED) is 0.521. The average molecular weight is 302 g/mol. The molecule has 0 saturated heterocycles. The molecule has 2 heterocycles. The second kappa shape index (κ2) is 5.29. The predicted octanol–water partition coefficient (Wildman–Crippen LogP) is 5.03. The topological polar surface area (TPSA) is 43.4 Å². The molecule has 0 aliphatic heterocycles. The molecule has 0 unspecified atom stereocenters. The van der Waals surface area contributed by atoms with Crippen LogP contribution in [0, 0.1) is 6.92 Å². The Morgan fingerprint density at radius 1 is 0.826 bits per heavy atom. The zero-order chi connectivity index (χ0) is 15.8. The predicted molar refractivity (Wildman–Crippen MR) is 90.4 cm³/mol. The fourth-order valence-electron chi connectivity index (χ4n) is 2.79. The highest BCUT2D eigenvalue weighted by Crippen LogP contribution is 2.30. The third-order valence-electron chi connectivity index (χ3n) is 3.91. The smallest absolute Gasteiger partial charge is 0.347 e. The molecule has 112 valence electrons. The second-order valence-corrected chi connectivity index (χ2v) is 5.48. The number of hydrogen-bond acceptors (Lipinski definition) is 3. The van der Waals surface area contributed by atoms with Crippen LogP contribution >= 0.6 is 0 Å². The van der Waals surface area contributed by atoms with Gasteiger partial charge in [-0.25, -0.2) is 4.79 Å². The summed E-state index contributed by atoms with van der Waals surface area (Å²) in [5.41, 5.74) is 4.17. The van der Waals surface area contributed by atoms with Crippen LogP contribution in [0.25, 0.3) is 33.2 Å². The molecule has 0 bridgehead atoms. The van der Waals surface area contributed by atoms with Gasteiger partial charge in [-0.1, -0.05) is 54.6 Å². The minimum atomic E-state index is -0.365. The molecule has 0 spiro atoms. The molecule has 0 atom stereocenters. The Hall–Kier alpha value is -3.07. The van der Waals surface area contributed by atoms with Crippen LogP contribution in [0.1, 0.15) is 5.76 Å². The highest BCUT2D eigenvalue weighted by molar-refractivity contribution is 5.93. The normalized spacial score (nSPS) is 11.0. The van der Waals surface area contributed by atoms with Crippen LogP contribution in [0.4, 0.5) is 0 Å². The van der Waals surface area contributed by atoms with E-state index in [-0.39, 0.29) is 5.63 Å². The first-order valence-electron chi connectivity index (χ1n) is 7.40. The Labute approximate surface area is 132 Å². The van der Waals surface area contributed by atoms with E-state index in [1.54, 1.807) is 19.3 Å². The number of fused-ring (bicyclic) bond motifs is 1. The highest BCUT2D eigenvalue weighted by atomic mass is 16.4. The molecule has 0 radical (unpaired) electrons. The van der Waals surface area contributed by atoms with Crippen molar-refractivity contribution in [1.29, 1.82) is 0 Å². The molecule has 3 heteroatoms. The first-order chi connectivity index (χ1) is 11.2. The average Bonchev–Trinajstić information content (AvgIpc) is 3.00. The standard InChI is InChI=1S/C20H14O3/c1-13-11-18-19(20(21)23-13)17(12-22-18)16-9-7-15(8-10-16)14-5-3-2-4-6-14/h2-12H,1H3. The van der Waals surface area contributed by atoms with Gasteiger partial charge in [0, 0.05) is 11.6 Å². The summed E-state index contributed by atoms with van der Waals surface area (Å²) in [5.74, 6) is 0.544. The van der Waals surface area contributed by atoms with Gasteiger partial charge in [0.2, 0.25) is 0 Å². The summed E-state index contributed by atoms with van der Waals surface area (Å²) in [6.45, 7) is 1.73. The molecule has 0 saturated carbocycles. The van der Waals surface area contributed by atoms with E-state index in [9.17, 15) is 4.79 Å². The van der Waals surface area contributed by atoms with E-state index in [0.29, 0.717) is 16.7 Å². The minimum absolute atomic E-state index is 0.365. The van der Waals surface area contributed by atoms with Crippen molar-refractivity contribution in [3.05, 3.63) is 83.1 Å². The van der Waals surface area contributed by atoms with Crippen molar-refractivity contribution in [1.82, 2.24) is 0 Å². The summed E-state index contributed by atoms with van der Waals surface area (Å²) in [6, 6.07) is 20.0. The van der Waals surface area contributed by atoms with Gasteiger partial charge in [0.15, 0.2) is 0 Å². The molecular weight excluding hydrogens is 288 g/mol. The number of benzene rings is 2. The lowest BCUT2D eigenvalue weighted by Gasteiger charge is -2.03. The van der Waals surface area contributed by atoms with Gasteiger partial charge in [0.25, 0.3) is 0 Å². The molecule has 2 aromatic carbocycles. The monoisotopic (exact) mass is 302 g/mol. The maximum absolute atomic E-state index is 12.1. The third-order valence-corrected chi connectivity index (χ3v) is 3.91. The lowest BCUT2D eigenvalue weighted by Crippen LogP contribution is -1.99. The molecule has 4 rings (SSSR count). The first kappa shape index (κ1) is 13.6. The number of furan rings is 1. The summed E-state index contributed by atoms with van der Waals surface area (Å²) in [5, 5.41) is 0.489. The van der Waals surface area contributed by atoms with Crippen molar-refractivity contribution in [2.45, 2.75) is 6.92 Å². The van der Waals surface area contributed by atoms with Crippen molar-refractivity contribution < 1.29 is 8.83 Å². The molecule has 0 aliphatic rings. The molecular formula is C20H14O3. The first-order valence-corrected chi connectivity index (χ1v) is 7.40. The minimum Gasteiger partial charge on any atom is -0.463 e. The van der Waals surface area contributed by atoms with E-state index in [1.165, 1.54) is 0 Å². The Kier molecular flexibility index (Phi) is 3.12. The highest BCUT2D eigenvalue weighted by Gasteiger charge is 2.13. The van der Waals surface area contributed by atoms with Crippen molar-refractivity contribution in [2.24, 2.45) is 0 Å². The van der Waals surface area contributed by atoms with Gasteiger partial charge in [0.1, 0.15) is 16.7 Å².